The lowest BCUT2D eigenvalue weighted by molar-refractivity contribution is -0.112. The first-order chi connectivity index (χ1) is 13.6. The summed E-state index contributed by atoms with van der Waals surface area (Å²) < 4.78 is 8.67. The quantitative estimate of drug-likeness (QED) is 0.487. The zero-order valence-corrected chi connectivity index (χ0v) is 15.0. The number of hydrogen-bond donors (Lipinski definition) is 1. The molecular weight excluding hydrogens is 356 g/mol. The Labute approximate surface area is 159 Å². The number of benzene rings is 1. The fourth-order valence-corrected chi connectivity index (χ4v) is 3.44. The number of rotatable bonds is 4. The number of hydrogen-bond acceptors (Lipinski definition) is 6. The lowest BCUT2D eigenvalue weighted by Gasteiger charge is -2.26. The van der Waals surface area contributed by atoms with Crippen LogP contribution in [0.3, 0.4) is 0 Å². The normalized spacial score (nSPS) is 13.8. The van der Waals surface area contributed by atoms with Crippen molar-refractivity contribution in [1.82, 2.24) is 24.1 Å². The van der Waals surface area contributed by atoms with Gasteiger partial charge in [0.15, 0.2) is 11.4 Å². The Morgan fingerprint density at radius 1 is 1.07 bits per heavy atom. The van der Waals surface area contributed by atoms with E-state index in [1.54, 1.807) is 18.4 Å². The maximum atomic E-state index is 12.2. The summed E-state index contributed by atoms with van der Waals surface area (Å²) in [4.78, 5) is 21.2. The second kappa shape index (κ2) is 5.78. The minimum absolute atomic E-state index is 0.175. The maximum absolute atomic E-state index is 12.2. The summed E-state index contributed by atoms with van der Waals surface area (Å²) in [5.41, 5.74) is 7.17. The monoisotopic (exact) mass is 372 g/mol. The van der Waals surface area contributed by atoms with Crippen molar-refractivity contribution in [1.29, 1.82) is 0 Å². The Morgan fingerprint density at radius 2 is 1.89 bits per heavy atom. The van der Waals surface area contributed by atoms with E-state index in [-0.39, 0.29) is 5.95 Å². The van der Waals surface area contributed by atoms with E-state index in [1.807, 2.05) is 54.1 Å². The van der Waals surface area contributed by atoms with Crippen LogP contribution < -0.4 is 5.73 Å². The van der Waals surface area contributed by atoms with Crippen molar-refractivity contribution >= 4 is 28.9 Å². The first-order valence-electron chi connectivity index (χ1n) is 8.71. The van der Waals surface area contributed by atoms with Crippen molar-refractivity contribution in [3.8, 4) is 11.6 Å². The van der Waals surface area contributed by atoms with Gasteiger partial charge in [-0.1, -0.05) is 30.3 Å². The van der Waals surface area contributed by atoms with E-state index in [4.69, 9.17) is 10.2 Å². The molecule has 0 fully saturated rings. The summed E-state index contributed by atoms with van der Waals surface area (Å²) in [6, 6.07) is 14.9. The molecule has 1 unspecified atom stereocenters. The molecule has 1 atom stereocenters. The molecule has 1 aromatic carbocycles. The summed E-state index contributed by atoms with van der Waals surface area (Å²) >= 11 is 0. The highest BCUT2D eigenvalue weighted by molar-refractivity contribution is 5.92. The van der Waals surface area contributed by atoms with Crippen molar-refractivity contribution in [2.45, 2.75) is 12.5 Å². The van der Waals surface area contributed by atoms with Gasteiger partial charge < -0.3 is 19.5 Å². The van der Waals surface area contributed by atoms with Gasteiger partial charge in [-0.2, -0.15) is 9.50 Å². The van der Waals surface area contributed by atoms with Crippen LogP contribution in [-0.4, -0.2) is 30.4 Å². The van der Waals surface area contributed by atoms with Crippen LogP contribution in [0.4, 0.5) is 5.95 Å². The first kappa shape index (κ1) is 16.2. The molecule has 0 bridgehead atoms. The topological polar surface area (TPSA) is 104 Å². The molecule has 0 saturated carbocycles. The van der Waals surface area contributed by atoms with Crippen molar-refractivity contribution in [3.05, 3.63) is 66.6 Å². The summed E-state index contributed by atoms with van der Waals surface area (Å²) in [6.45, 7) is 1.84. The Bertz CT molecular complexity index is 1300. The molecule has 138 valence electrons. The molecular formula is C20H16N6O2. The third kappa shape index (κ3) is 2.18. The lowest BCUT2D eigenvalue weighted by atomic mass is 9.93. The maximum Gasteiger partial charge on any atom is 0.225 e. The number of furan rings is 1. The summed E-state index contributed by atoms with van der Waals surface area (Å²) in [6.07, 6.45) is 4.28. The van der Waals surface area contributed by atoms with Crippen molar-refractivity contribution in [2.75, 3.05) is 5.73 Å². The molecule has 2 N–H and O–H groups in total. The van der Waals surface area contributed by atoms with E-state index in [2.05, 4.69) is 15.1 Å². The van der Waals surface area contributed by atoms with Gasteiger partial charge in [-0.25, -0.2) is 4.98 Å². The highest BCUT2D eigenvalue weighted by atomic mass is 16.3. The average molecular weight is 372 g/mol. The molecule has 0 aliphatic heterocycles. The van der Waals surface area contributed by atoms with Gasteiger partial charge in [0.05, 0.1) is 11.6 Å². The summed E-state index contributed by atoms with van der Waals surface area (Å²) in [5.74, 6) is 1.13. The van der Waals surface area contributed by atoms with Gasteiger partial charge in [0, 0.05) is 6.20 Å². The van der Waals surface area contributed by atoms with E-state index in [0.717, 1.165) is 17.2 Å². The molecule has 0 aliphatic rings. The smallest absolute Gasteiger partial charge is 0.225 e. The standard InChI is InChI=1S/C20H16N6O2/c1-20(12-27,13-6-3-2-4-7-13)25-10-9-14-17(25)23-19(21)26-18(14)22-16(24-26)15-8-5-11-28-15/h2-12H,1H3,(H2,21,23). The molecule has 0 spiro atoms. The summed E-state index contributed by atoms with van der Waals surface area (Å²) in [7, 11) is 0. The predicted molar refractivity (Wildman–Crippen MR) is 104 cm³/mol. The van der Waals surface area contributed by atoms with Crippen molar-refractivity contribution in [2.24, 2.45) is 0 Å². The molecule has 4 aromatic heterocycles. The fraction of sp³-hybridized carbons (Fsp3) is 0.100. The average Bonchev–Trinajstić information content (AvgIpc) is 3.46. The molecule has 0 saturated heterocycles. The number of fused-ring (bicyclic) bond motifs is 3. The Hall–Kier alpha value is -3.94. The second-order valence-electron chi connectivity index (χ2n) is 6.67. The van der Waals surface area contributed by atoms with E-state index in [0.29, 0.717) is 22.9 Å². The van der Waals surface area contributed by atoms with Crippen molar-refractivity contribution in [3.63, 3.8) is 0 Å². The Kier molecular flexibility index (Phi) is 3.35. The van der Waals surface area contributed by atoms with Crippen LogP contribution in [0.2, 0.25) is 0 Å². The second-order valence-corrected chi connectivity index (χ2v) is 6.67. The molecule has 5 rings (SSSR count). The van der Waals surface area contributed by atoms with Gasteiger partial charge >= 0.3 is 0 Å². The number of carbonyl (C=O) groups excluding carboxylic acids is 1. The van der Waals surface area contributed by atoms with E-state index >= 15 is 0 Å². The fourth-order valence-electron chi connectivity index (χ4n) is 3.44. The third-order valence-corrected chi connectivity index (χ3v) is 4.97. The number of nitrogens with two attached hydrogens (primary N) is 1. The number of anilines is 1. The van der Waals surface area contributed by atoms with E-state index in [1.165, 1.54) is 4.52 Å². The van der Waals surface area contributed by atoms with Crippen molar-refractivity contribution < 1.29 is 9.21 Å². The van der Waals surface area contributed by atoms with Gasteiger partial charge in [-0.05, 0) is 30.7 Å². The molecule has 28 heavy (non-hydrogen) atoms. The van der Waals surface area contributed by atoms with Crippen LogP contribution in [-0.2, 0) is 10.3 Å². The number of nitrogen functional groups attached to an aromatic ring is 1. The van der Waals surface area contributed by atoms with Gasteiger partial charge in [0.25, 0.3) is 0 Å². The molecule has 0 amide bonds. The number of aromatic nitrogens is 5. The third-order valence-electron chi connectivity index (χ3n) is 4.97. The zero-order chi connectivity index (χ0) is 19.3. The predicted octanol–water partition coefficient (Wildman–Crippen LogP) is 2.88. The number of carbonyl (C=O) groups is 1. The first-order valence-corrected chi connectivity index (χ1v) is 8.71. The van der Waals surface area contributed by atoms with E-state index in [9.17, 15) is 4.79 Å². The van der Waals surface area contributed by atoms with E-state index < -0.39 is 5.54 Å². The van der Waals surface area contributed by atoms with Crippen LogP contribution in [0.5, 0.6) is 0 Å². The molecule has 4 heterocycles. The van der Waals surface area contributed by atoms with Gasteiger partial charge in [-0.15, -0.1) is 5.10 Å². The lowest BCUT2D eigenvalue weighted by Crippen LogP contribution is -2.32. The van der Waals surface area contributed by atoms with Crippen LogP contribution in [0, 0.1) is 0 Å². The SMILES string of the molecule is CC(C=O)(c1ccccc1)n1ccc2c1nc(N)n1nc(-c3ccco3)nc21. The molecule has 8 nitrogen and oxygen atoms in total. The minimum atomic E-state index is -0.940. The largest absolute Gasteiger partial charge is 0.461 e. The summed E-state index contributed by atoms with van der Waals surface area (Å²) in [5, 5.41) is 5.14. The number of aldehydes is 1. The molecule has 8 heteroatoms. The molecule has 0 aliphatic carbocycles. The van der Waals surface area contributed by atoms with Gasteiger partial charge in [0.1, 0.15) is 17.5 Å². The van der Waals surface area contributed by atoms with Gasteiger partial charge in [0.2, 0.25) is 11.8 Å². The van der Waals surface area contributed by atoms with Crippen LogP contribution in [0.15, 0.2) is 65.4 Å². The zero-order valence-electron chi connectivity index (χ0n) is 15.0. The minimum Gasteiger partial charge on any atom is -0.461 e. The number of nitrogens with zero attached hydrogens (tertiary/aromatic N) is 5. The highest BCUT2D eigenvalue weighted by Crippen LogP contribution is 2.31. The molecule has 0 radical (unpaired) electrons. The Morgan fingerprint density at radius 3 is 2.61 bits per heavy atom. The van der Waals surface area contributed by atoms with Crippen LogP contribution >= 0.6 is 0 Å². The van der Waals surface area contributed by atoms with Gasteiger partial charge in [-0.3, -0.25) is 0 Å². The Balaban J connectivity index is 1.78. The molecule has 5 aromatic rings. The van der Waals surface area contributed by atoms with Crippen LogP contribution in [0.1, 0.15) is 12.5 Å². The van der Waals surface area contributed by atoms with Crippen LogP contribution in [0.25, 0.3) is 28.3 Å². The highest BCUT2D eigenvalue weighted by Gasteiger charge is 2.30.